The molecule has 0 saturated heterocycles. The fourth-order valence-electron chi connectivity index (χ4n) is 2.84. The molecule has 1 saturated carbocycles. The normalized spacial score (nSPS) is 17.8. The minimum Gasteiger partial charge on any atom is -0.388 e. The zero-order valence-corrected chi connectivity index (χ0v) is 12.3. The van der Waals surface area contributed by atoms with Crippen LogP contribution in [-0.4, -0.2) is 44.0 Å². The van der Waals surface area contributed by atoms with Gasteiger partial charge in [0.25, 0.3) is 0 Å². The van der Waals surface area contributed by atoms with Gasteiger partial charge < -0.3 is 15.7 Å². The van der Waals surface area contributed by atoms with Gasteiger partial charge in [-0.2, -0.15) is 15.1 Å². The van der Waals surface area contributed by atoms with Crippen LogP contribution in [0.4, 0.5) is 11.8 Å². The van der Waals surface area contributed by atoms with Crippen LogP contribution >= 0.6 is 0 Å². The molecule has 21 heavy (non-hydrogen) atoms. The molecule has 7 heteroatoms. The predicted molar refractivity (Wildman–Crippen MR) is 82.4 cm³/mol. The summed E-state index contributed by atoms with van der Waals surface area (Å²) in [6, 6.07) is 0. The quantitative estimate of drug-likeness (QED) is 0.671. The Hall–Kier alpha value is -1.89. The maximum absolute atomic E-state index is 10.6. The summed E-state index contributed by atoms with van der Waals surface area (Å²) in [7, 11) is 0. The number of fused-ring (bicyclic) bond motifs is 1. The highest BCUT2D eigenvalue weighted by atomic mass is 16.3. The second-order valence-corrected chi connectivity index (χ2v) is 5.70. The maximum atomic E-state index is 10.6. The number of nitrogens with one attached hydrogen (secondary N) is 3. The first-order valence-corrected chi connectivity index (χ1v) is 7.61. The van der Waals surface area contributed by atoms with Gasteiger partial charge in [-0.05, 0) is 19.8 Å². The maximum Gasteiger partial charge on any atom is 0.226 e. The van der Waals surface area contributed by atoms with Crippen molar-refractivity contribution in [1.29, 1.82) is 0 Å². The Kier molecular flexibility index (Phi) is 3.92. The van der Waals surface area contributed by atoms with Gasteiger partial charge in [0, 0.05) is 13.1 Å². The van der Waals surface area contributed by atoms with E-state index < -0.39 is 5.60 Å². The van der Waals surface area contributed by atoms with Gasteiger partial charge >= 0.3 is 0 Å². The first-order chi connectivity index (χ1) is 10.2. The average molecular weight is 290 g/mol. The van der Waals surface area contributed by atoms with Gasteiger partial charge in [0.2, 0.25) is 5.95 Å². The molecule has 0 amide bonds. The zero-order valence-electron chi connectivity index (χ0n) is 12.3. The number of aromatic amines is 1. The number of aromatic nitrogens is 4. The number of hydrogen-bond acceptors (Lipinski definition) is 6. The van der Waals surface area contributed by atoms with Crippen molar-refractivity contribution in [3.8, 4) is 0 Å². The van der Waals surface area contributed by atoms with E-state index >= 15 is 0 Å². The molecule has 1 aliphatic rings. The fraction of sp³-hybridized carbons (Fsp3) is 0.643. The molecule has 2 aromatic rings. The third-order valence-corrected chi connectivity index (χ3v) is 4.01. The van der Waals surface area contributed by atoms with Crippen molar-refractivity contribution >= 4 is 22.8 Å². The van der Waals surface area contributed by atoms with E-state index in [4.69, 9.17) is 0 Å². The van der Waals surface area contributed by atoms with Crippen LogP contribution in [0.5, 0.6) is 0 Å². The Labute approximate surface area is 123 Å². The number of aliphatic hydroxyl groups is 1. The topological polar surface area (TPSA) is 98.8 Å². The summed E-state index contributed by atoms with van der Waals surface area (Å²) in [6.45, 7) is 3.26. The van der Waals surface area contributed by atoms with Crippen LogP contribution in [0.3, 0.4) is 0 Å². The van der Waals surface area contributed by atoms with Crippen LogP contribution in [0.15, 0.2) is 6.20 Å². The van der Waals surface area contributed by atoms with Crippen LogP contribution < -0.4 is 10.6 Å². The highest BCUT2D eigenvalue weighted by molar-refractivity contribution is 5.86. The van der Waals surface area contributed by atoms with E-state index in [9.17, 15) is 5.11 Å². The average Bonchev–Trinajstić information content (AvgIpc) is 2.94. The van der Waals surface area contributed by atoms with Crippen LogP contribution in [-0.2, 0) is 0 Å². The summed E-state index contributed by atoms with van der Waals surface area (Å²) in [5.74, 6) is 1.27. The predicted octanol–water partition coefficient (Wildman–Crippen LogP) is 1.89. The first kappa shape index (κ1) is 14.1. The summed E-state index contributed by atoms with van der Waals surface area (Å²) in [5.41, 5.74) is 0.0662. The lowest BCUT2D eigenvalue weighted by atomic mass is 9.85. The van der Waals surface area contributed by atoms with E-state index in [2.05, 4.69) is 30.8 Å². The summed E-state index contributed by atoms with van der Waals surface area (Å²) in [4.78, 5) is 8.83. The summed E-state index contributed by atoms with van der Waals surface area (Å²) >= 11 is 0. The van der Waals surface area contributed by atoms with Crippen molar-refractivity contribution < 1.29 is 5.11 Å². The molecule has 0 atom stereocenters. The van der Waals surface area contributed by atoms with Gasteiger partial charge in [0.15, 0.2) is 5.65 Å². The first-order valence-electron chi connectivity index (χ1n) is 7.61. The Balaban J connectivity index is 1.80. The Morgan fingerprint density at radius 1 is 1.24 bits per heavy atom. The molecule has 2 aromatic heterocycles. The minimum atomic E-state index is -0.627. The van der Waals surface area contributed by atoms with Crippen molar-refractivity contribution in [2.24, 2.45) is 0 Å². The van der Waals surface area contributed by atoms with Gasteiger partial charge in [-0.25, -0.2) is 0 Å². The van der Waals surface area contributed by atoms with E-state index in [0.29, 0.717) is 24.0 Å². The molecule has 0 unspecified atom stereocenters. The highest BCUT2D eigenvalue weighted by Crippen LogP contribution is 2.29. The Bertz CT molecular complexity index is 605. The SMILES string of the molecule is CCNc1nc(NCC2(O)CCCCC2)c2cn[nH]c2n1. The monoisotopic (exact) mass is 290 g/mol. The molecule has 0 radical (unpaired) electrons. The van der Waals surface area contributed by atoms with Crippen LogP contribution in [0.25, 0.3) is 11.0 Å². The van der Waals surface area contributed by atoms with Gasteiger partial charge in [-0.3, -0.25) is 5.10 Å². The van der Waals surface area contributed by atoms with Crippen molar-refractivity contribution in [3.05, 3.63) is 6.20 Å². The molecule has 4 N–H and O–H groups in total. The number of nitrogens with zero attached hydrogens (tertiary/aromatic N) is 3. The Morgan fingerprint density at radius 3 is 2.81 bits per heavy atom. The number of H-pyrrole nitrogens is 1. The van der Waals surface area contributed by atoms with Crippen LogP contribution in [0.2, 0.25) is 0 Å². The van der Waals surface area contributed by atoms with Crippen molar-refractivity contribution in [2.75, 3.05) is 23.7 Å². The molecule has 0 spiro atoms. The van der Waals surface area contributed by atoms with Gasteiger partial charge in [0.05, 0.1) is 17.2 Å². The zero-order chi connectivity index (χ0) is 14.7. The molecule has 1 aliphatic carbocycles. The lowest BCUT2D eigenvalue weighted by Gasteiger charge is -2.32. The van der Waals surface area contributed by atoms with E-state index in [1.165, 1.54) is 6.42 Å². The van der Waals surface area contributed by atoms with Crippen LogP contribution in [0, 0.1) is 0 Å². The lowest BCUT2D eigenvalue weighted by Crippen LogP contribution is -2.39. The molecular formula is C14H22N6O. The fourth-order valence-corrected chi connectivity index (χ4v) is 2.84. The number of rotatable bonds is 5. The summed E-state index contributed by atoms with van der Waals surface area (Å²) in [5, 5.41) is 24.7. The molecule has 1 fully saturated rings. The molecule has 0 aliphatic heterocycles. The standard InChI is InChI=1S/C14H22N6O/c1-2-15-13-18-11(10-8-17-20-12(10)19-13)16-9-14(21)6-4-3-5-7-14/h8,21H,2-7,9H2,1H3,(H3,15,16,17,18,19,20). The van der Waals surface area contributed by atoms with E-state index in [1.54, 1.807) is 6.20 Å². The second kappa shape index (κ2) is 5.85. The van der Waals surface area contributed by atoms with Gasteiger partial charge in [-0.1, -0.05) is 19.3 Å². The number of anilines is 2. The molecule has 3 rings (SSSR count). The smallest absolute Gasteiger partial charge is 0.226 e. The Morgan fingerprint density at radius 2 is 2.05 bits per heavy atom. The highest BCUT2D eigenvalue weighted by Gasteiger charge is 2.29. The third-order valence-electron chi connectivity index (χ3n) is 4.01. The van der Waals surface area contributed by atoms with Gasteiger partial charge in [0.1, 0.15) is 5.82 Å². The molecule has 7 nitrogen and oxygen atoms in total. The molecule has 0 bridgehead atoms. The molecule has 2 heterocycles. The molecular weight excluding hydrogens is 268 g/mol. The third kappa shape index (κ3) is 3.07. The summed E-state index contributed by atoms with van der Waals surface area (Å²) < 4.78 is 0. The van der Waals surface area contributed by atoms with Crippen molar-refractivity contribution in [2.45, 2.75) is 44.6 Å². The van der Waals surface area contributed by atoms with Crippen molar-refractivity contribution in [1.82, 2.24) is 20.2 Å². The second-order valence-electron chi connectivity index (χ2n) is 5.70. The molecule has 0 aromatic carbocycles. The van der Waals surface area contributed by atoms with Crippen molar-refractivity contribution in [3.63, 3.8) is 0 Å². The van der Waals surface area contributed by atoms with E-state index in [1.807, 2.05) is 6.92 Å². The minimum absolute atomic E-state index is 0.510. The largest absolute Gasteiger partial charge is 0.388 e. The van der Waals surface area contributed by atoms with Gasteiger partial charge in [-0.15, -0.1) is 0 Å². The van der Waals surface area contributed by atoms with Crippen LogP contribution in [0.1, 0.15) is 39.0 Å². The summed E-state index contributed by atoms with van der Waals surface area (Å²) in [6.07, 6.45) is 6.79. The van der Waals surface area contributed by atoms with E-state index in [0.717, 1.165) is 37.6 Å². The van der Waals surface area contributed by atoms with E-state index in [-0.39, 0.29) is 0 Å². The lowest BCUT2D eigenvalue weighted by molar-refractivity contribution is 0.0167. The number of hydrogen-bond donors (Lipinski definition) is 4. The molecule has 114 valence electrons.